The molecule has 134 valence electrons. The molecule has 0 unspecified atom stereocenters. The number of rotatable bonds is 6. The van der Waals surface area contributed by atoms with Gasteiger partial charge in [-0.3, -0.25) is 9.89 Å². The van der Waals surface area contributed by atoms with Crippen molar-refractivity contribution in [3.63, 3.8) is 0 Å². The molecule has 2 aromatic rings. The molecule has 1 amide bonds. The first kappa shape index (κ1) is 17.6. The molecule has 1 saturated heterocycles. The van der Waals surface area contributed by atoms with Crippen LogP contribution < -0.4 is 0 Å². The average Bonchev–Trinajstić information content (AvgIpc) is 3.12. The number of hydrogen-bond donors (Lipinski definition) is 1. The van der Waals surface area contributed by atoms with Crippen molar-refractivity contribution in [1.29, 1.82) is 0 Å². The topological polar surface area (TPSA) is 58.2 Å². The Balaban J connectivity index is 1.66. The average molecular weight is 345 g/mol. The van der Waals surface area contributed by atoms with E-state index in [1.807, 2.05) is 4.90 Å². The first-order chi connectivity index (χ1) is 12.2. The number of H-pyrrole nitrogens is 1. The monoisotopic (exact) mass is 345 g/mol. The van der Waals surface area contributed by atoms with Crippen LogP contribution in [0.2, 0.25) is 0 Å². The molecule has 1 atom stereocenters. The summed E-state index contributed by atoms with van der Waals surface area (Å²) in [7, 11) is 1.71. The molecule has 1 aromatic heterocycles. The minimum atomic E-state index is -0.343. The van der Waals surface area contributed by atoms with Crippen molar-refractivity contribution < 1.29 is 13.9 Å². The van der Waals surface area contributed by atoms with Gasteiger partial charge in [0.05, 0.1) is 5.69 Å². The summed E-state index contributed by atoms with van der Waals surface area (Å²) in [4.78, 5) is 14.6. The van der Waals surface area contributed by atoms with Gasteiger partial charge in [0.1, 0.15) is 11.5 Å². The number of ether oxygens (including phenoxy) is 1. The minimum Gasteiger partial charge on any atom is -0.385 e. The molecule has 0 spiro atoms. The van der Waals surface area contributed by atoms with Crippen LogP contribution in [0.25, 0.3) is 11.3 Å². The predicted molar refractivity (Wildman–Crippen MR) is 93.7 cm³/mol. The molecule has 1 aliphatic heterocycles. The normalized spacial score (nSPS) is 17.7. The van der Waals surface area contributed by atoms with Crippen molar-refractivity contribution in [2.24, 2.45) is 5.92 Å². The van der Waals surface area contributed by atoms with Gasteiger partial charge in [-0.1, -0.05) is 12.1 Å². The smallest absolute Gasteiger partial charge is 0.271 e. The molecule has 5 nitrogen and oxygen atoms in total. The van der Waals surface area contributed by atoms with Crippen LogP contribution in [-0.2, 0) is 4.74 Å². The number of carbonyl (C=O) groups excluding carboxylic acids is 1. The Morgan fingerprint density at radius 2 is 2.28 bits per heavy atom. The second kappa shape index (κ2) is 8.25. The van der Waals surface area contributed by atoms with Crippen molar-refractivity contribution >= 4 is 5.91 Å². The summed E-state index contributed by atoms with van der Waals surface area (Å²) in [6, 6.07) is 8.07. The molecular formula is C19H24FN3O2. The highest BCUT2D eigenvalue weighted by molar-refractivity contribution is 5.93. The molecule has 6 heteroatoms. The van der Waals surface area contributed by atoms with Crippen LogP contribution in [0.1, 0.15) is 36.2 Å². The van der Waals surface area contributed by atoms with Crippen LogP contribution in [0.4, 0.5) is 4.39 Å². The van der Waals surface area contributed by atoms with Crippen LogP contribution in [-0.4, -0.2) is 47.8 Å². The largest absolute Gasteiger partial charge is 0.385 e. The molecule has 1 aliphatic rings. The first-order valence-electron chi connectivity index (χ1n) is 8.77. The maximum absolute atomic E-state index is 13.9. The Morgan fingerprint density at radius 3 is 3.08 bits per heavy atom. The predicted octanol–water partition coefficient (Wildman–Crippen LogP) is 3.49. The number of hydrogen-bond acceptors (Lipinski definition) is 3. The highest BCUT2D eigenvalue weighted by Crippen LogP contribution is 2.24. The molecule has 0 radical (unpaired) electrons. The number of halogens is 1. The lowest BCUT2D eigenvalue weighted by Crippen LogP contribution is -2.40. The quantitative estimate of drug-likeness (QED) is 0.815. The zero-order valence-corrected chi connectivity index (χ0v) is 14.5. The van der Waals surface area contributed by atoms with E-state index in [2.05, 4.69) is 10.2 Å². The van der Waals surface area contributed by atoms with Gasteiger partial charge in [0, 0.05) is 32.4 Å². The summed E-state index contributed by atoms with van der Waals surface area (Å²) in [5.41, 5.74) is 1.26. The molecule has 2 heterocycles. The fourth-order valence-electron chi connectivity index (χ4n) is 3.41. The van der Waals surface area contributed by atoms with Gasteiger partial charge in [-0.25, -0.2) is 4.39 Å². The highest BCUT2D eigenvalue weighted by Gasteiger charge is 2.25. The molecule has 1 fully saturated rings. The number of likely N-dealkylation sites (tertiary alicyclic amines) is 1. The van der Waals surface area contributed by atoms with Crippen molar-refractivity contribution in [2.75, 3.05) is 26.8 Å². The van der Waals surface area contributed by atoms with Gasteiger partial charge in [0.25, 0.3) is 5.91 Å². The third-order valence-electron chi connectivity index (χ3n) is 4.73. The number of benzene rings is 1. The van der Waals surface area contributed by atoms with Gasteiger partial charge >= 0.3 is 0 Å². The zero-order valence-electron chi connectivity index (χ0n) is 14.5. The molecule has 1 aromatic carbocycles. The summed E-state index contributed by atoms with van der Waals surface area (Å²) >= 11 is 0. The molecule has 25 heavy (non-hydrogen) atoms. The summed E-state index contributed by atoms with van der Waals surface area (Å²) in [6.07, 6.45) is 4.25. The van der Waals surface area contributed by atoms with Gasteiger partial charge < -0.3 is 9.64 Å². The summed E-state index contributed by atoms with van der Waals surface area (Å²) < 4.78 is 19.0. The Morgan fingerprint density at radius 1 is 1.44 bits per heavy atom. The lowest BCUT2D eigenvalue weighted by atomic mass is 9.93. The Hall–Kier alpha value is -2.21. The number of methoxy groups -OCH3 is 1. The summed E-state index contributed by atoms with van der Waals surface area (Å²) in [6.45, 7) is 2.28. The van der Waals surface area contributed by atoms with E-state index < -0.39 is 0 Å². The maximum atomic E-state index is 13.9. The number of nitrogens with zero attached hydrogens (tertiary/aromatic N) is 2. The van der Waals surface area contributed by atoms with Crippen molar-refractivity contribution in [3.05, 3.63) is 41.8 Å². The van der Waals surface area contributed by atoms with E-state index in [-0.39, 0.29) is 11.7 Å². The third kappa shape index (κ3) is 4.25. The van der Waals surface area contributed by atoms with E-state index in [4.69, 9.17) is 4.74 Å². The minimum absolute atomic E-state index is 0.0634. The number of nitrogens with one attached hydrogen (secondary N) is 1. The van der Waals surface area contributed by atoms with Crippen molar-refractivity contribution in [3.8, 4) is 11.3 Å². The van der Waals surface area contributed by atoms with Gasteiger partial charge in [-0.15, -0.1) is 0 Å². The number of aromatic nitrogens is 2. The van der Waals surface area contributed by atoms with Gasteiger partial charge in [0.2, 0.25) is 0 Å². The Bertz CT molecular complexity index is 716. The van der Waals surface area contributed by atoms with Gasteiger partial charge in [0.15, 0.2) is 0 Å². The standard InChI is InChI=1S/C19H24FN3O2/c1-25-11-5-7-14-6-4-10-23(13-14)19(24)18-12-17(21-22-18)15-8-2-3-9-16(15)20/h2-3,8-9,12,14H,4-7,10-11,13H2,1H3,(H,21,22)/t14-/m0/s1. The van der Waals surface area contributed by atoms with E-state index >= 15 is 0 Å². The van der Waals surface area contributed by atoms with Crippen molar-refractivity contribution in [2.45, 2.75) is 25.7 Å². The van der Waals surface area contributed by atoms with Crippen LogP contribution in [0, 0.1) is 11.7 Å². The number of carbonyl (C=O) groups is 1. The van der Waals surface area contributed by atoms with Gasteiger partial charge in [-0.05, 0) is 49.8 Å². The van der Waals surface area contributed by atoms with E-state index in [0.29, 0.717) is 22.9 Å². The van der Waals surface area contributed by atoms with E-state index in [0.717, 1.165) is 45.4 Å². The second-order valence-electron chi connectivity index (χ2n) is 6.54. The molecule has 3 rings (SSSR count). The molecule has 0 aliphatic carbocycles. The van der Waals surface area contributed by atoms with Crippen LogP contribution in [0.5, 0.6) is 0 Å². The third-order valence-corrected chi connectivity index (χ3v) is 4.73. The van der Waals surface area contributed by atoms with Crippen LogP contribution >= 0.6 is 0 Å². The summed E-state index contributed by atoms with van der Waals surface area (Å²) in [5.74, 6) is 0.109. The Labute approximate surface area is 147 Å². The first-order valence-corrected chi connectivity index (χ1v) is 8.77. The number of amides is 1. The lowest BCUT2D eigenvalue weighted by molar-refractivity contribution is 0.0654. The van der Waals surface area contributed by atoms with E-state index in [9.17, 15) is 9.18 Å². The SMILES string of the molecule is COCCC[C@@H]1CCCN(C(=O)c2cc(-c3ccccc3F)n[nH]2)C1. The van der Waals surface area contributed by atoms with E-state index in [1.165, 1.54) is 6.07 Å². The number of aromatic amines is 1. The van der Waals surface area contributed by atoms with E-state index in [1.54, 1.807) is 31.4 Å². The summed E-state index contributed by atoms with van der Waals surface area (Å²) in [5, 5.41) is 6.88. The van der Waals surface area contributed by atoms with Gasteiger partial charge in [-0.2, -0.15) is 5.10 Å². The molecular weight excluding hydrogens is 321 g/mol. The molecule has 1 N–H and O–H groups in total. The lowest BCUT2D eigenvalue weighted by Gasteiger charge is -2.32. The fourth-order valence-corrected chi connectivity index (χ4v) is 3.41. The van der Waals surface area contributed by atoms with Crippen molar-refractivity contribution in [1.82, 2.24) is 15.1 Å². The highest BCUT2D eigenvalue weighted by atomic mass is 19.1. The Kier molecular flexibility index (Phi) is 5.81. The van der Waals surface area contributed by atoms with Crippen LogP contribution in [0.3, 0.4) is 0 Å². The number of piperidine rings is 1. The molecule has 0 saturated carbocycles. The zero-order chi connectivity index (χ0) is 17.6. The fraction of sp³-hybridized carbons (Fsp3) is 0.474. The maximum Gasteiger partial charge on any atom is 0.271 e. The second-order valence-corrected chi connectivity index (χ2v) is 6.54. The van der Waals surface area contributed by atoms with Crippen LogP contribution in [0.15, 0.2) is 30.3 Å². The molecule has 0 bridgehead atoms.